The third kappa shape index (κ3) is 1.93. The Balaban J connectivity index is 1.66. The number of benzene rings is 1. The van der Waals surface area contributed by atoms with Crippen molar-refractivity contribution in [2.24, 2.45) is 21.6 Å². The first-order chi connectivity index (χ1) is 10.5. The molecular formula is C16H16BrN3O2. The van der Waals surface area contributed by atoms with Gasteiger partial charge in [-0.1, -0.05) is 12.5 Å². The number of azo groups is 1. The van der Waals surface area contributed by atoms with E-state index in [4.69, 9.17) is 0 Å². The number of hydrogen-bond acceptors (Lipinski definition) is 3. The first kappa shape index (κ1) is 13.9. The zero-order valence-electron chi connectivity index (χ0n) is 12.2. The minimum atomic E-state index is -0.155. The van der Waals surface area contributed by atoms with Gasteiger partial charge >= 0.3 is 0 Å². The Morgan fingerprint density at radius 1 is 1.45 bits per heavy atom. The van der Waals surface area contributed by atoms with Gasteiger partial charge in [0.05, 0.1) is 5.52 Å². The molecule has 2 aromatic rings. The Bertz CT molecular complexity index is 820. The standard InChI is InChI=1S/C16H16BrN3O2/c1-8-3-4-10-11(12(8)17)13(15(22)18-10)19-20-14(21)9-7-16(9)5-2-6-16/h3-4,9,18,22H,2,5-7H2,1H3. The van der Waals surface area contributed by atoms with E-state index in [-0.39, 0.29) is 23.1 Å². The molecular weight excluding hydrogens is 346 g/mol. The molecule has 0 bridgehead atoms. The Kier molecular flexibility index (Phi) is 2.95. The molecule has 5 nitrogen and oxygen atoms in total. The second-order valence-electron chi connectivity index (χ2n) is 6.45. The van der Waals surface area contributed by atoms with Gasteiger partial charge < -0.3 is 10.1 Å². The van der Waals surface area contributed by atoms with Gasteiger partial charge in [0.25, 0.3) is 5.91 Å². The molecule has 6 heteroatoms. The van der Waals surface area contributed by atoms with Crippen LogP contribution in [-0.2, 0) is 4.79 Å². The maximum atomic E-state index is 12.1. The van der Waals surface area contributed by atoms with Crippen LogP contribution >= 0.6 is 15.9 Å². The number of carbonyl (C=O) groups is 1. The highest BCUT2D eigenvalue weighted by Crippen LogP contribution is 2.65. The molecule has 114 valence electrons. The summed E-state index contributed by atoms with van der Waals surface area (Å²) in [5.74, 6) is -0.174. The van der Waals surface area contributed by atoms with Crippen molar-refractivity contribution in [1.29, 1.82) is 0 Å². The van der Waals surface area contributed by atoms with Gasteiger partial charge in [-0.3, -0.25) is 4.79 Å². The fourth-order valence-electron chi connectivity index (χ4n) is 3.47. The number of aromatic nitrogens is 1. The first-order valence-electron chi connectivity index (χ1n) is 7.47. The van der Waals surface area contributed by atoms with E-state index < -0.39 is 0 Å². The summed E-state index contributed by atoms with van der Waals surface area (Å²) in [5, 5.41) is 18.7. The van der Waals surface area contributed by atoms with E-state index in [0.29, 0.717) is 5.69 Å². The van der Waals surface area contributed by atoms with Crippen LogP contribution in [0.15, 0.2) is 26.8 Å². The summed E-state index contributed by atoms with van der Waals surface area (Å²) < 4.78 is 0.852. The number of nitrogens with zero attached hydrogens (tertiary/aromatic N) is 2. The summed E-state index contributed by atoms with van der Waals surface area (Å²) in [7, 11) is 0. The summed E-state index contributed by atoms with van der Waals surface area (Å²) in [6, 6.07) is 3.82. The van der Waals surface area contributed by atoms with Crippen molar-refractivity contribution in [3.63, 3.8) is 0 Å². The average Bonchev–Trinajstić information content (AvgIpc) is 3.14. The summed E-state index contributed by atoms with van der Waals surface area (Å²) in [4.78, 5) is 15.0. The second kappa shape index (κ2) is 4.65. The third-order valence-corrected chi connectivity index (χ3v) is 6.16. The van der Waals surface area contributed by atoms with Crippen molar-refractivity contribution in [2.75, 3.05) is 0 Å². The predicted molar refractivity (Wildman–Crippen MR) is 86.3 cm³/mol. The van der Waals surface area contributed by atoms with Gasteiger partial charge in [-0.25, -0.2) is 0 Å². The Labute approximate surface area is 136 Å². The van der Waals surface area contributed by atoms with Crippen molar-refractivity contribution in [3.8, 4) is 5.88 Å². The molecule has 2 fully saturated rings. The summed E-state index contributed by atoms with van der Waals surface area (Å²) in [6.07, 6.45) is 4.45. The van der Waals surface area contributed by atoms with Crippen molar-refractivity contribution in [2.45, 2.75) is 32.6 Å². The molecule has 0 radical (unpaired) electrons. The van der Waals surface area contributed by atoms with Crippen LogP contribution < -0.4 is 0 Å². The fraction of sp³-hybridized carbons (Fsp3) is 0.438. The minimum absolute atomic E-state index is 0.0440. The lowest BCUT2D eigenvalue weighted by atomic mass is 9.80. The summed E-state index contributed by atoms with van der Waals surface area (Å²) >= 11 is 3.51. The summed E-state index contributed by atoms with van der Waals surface area (Å²) in [5.41, 5.74) is 2.36. The maximum Gasteiger partial charge on any atom is 0.268 e. The van der Waals surface area contributed by atoms with Crippen LogP contribution in [0.25, 0.3) is 10.9 Å². The van der Waals surface area contributed by atoms with Gasteiger partial charge in [0.15, 0.2) is 5.69 Å². The predicted octanol–water partition coefficient (Wildman–Crippen LogP) is 4.74. The van der Waals surface area contributed by atoms with Crippen molar-refractivity contribution in [3.05, 3.63) is 22.2 Å². The molecule has 4 rings (SSSR count). The number of aromatic hydroxyl groups is 1. The van der Waals surface area contributed by atoms with Gasteiger partial charge in [0.1, 0.15) is 0 Å². The van der Waals surface area contributed by atoms with Gasteiger partial charge in [0, 0.05) is 15.8 Å². The molecule has 2 aliphatic rings. The molecule has 1 aromatic carbocycles. The largest absolute Gasteiger partial charge is 0.493 e. The van der Waals surface area contributed by atoms with E-state index in [9.17, 15) is 9.90 Å². The normalized spacial score (nSPS) is 22.4. The van der Waals surface area contributed by atoms with E-state index >= 15 is 0 Å². The highest BCUT2D eigenvalue weighted by Gasteiger charge is 2.61. The van der Waals surface area contributed by atoms with Crippen LogP contribution in [0.5, 0.6) is 5.88 Å². The SMILES string of the molecule is Cc1ccc2[nH]c(O)c(N=NC(=O)C3CC34CCC4)c2c1Br. The smallest absolute Gasteiger partial charge is 0.268 e. The van der Waals surface area contributed by atoms with Crippen LogP contribution in [0.4, 0.5) is 5.69 Å². The zero-order valence-corrected chi connectivity index (χ0v) is 13.8. The second-order valence-corrected chi connectivity index (χ2v) is 7.25. The lowest BCUT2D eigenvalue weighted by Gasteiger charge is -2.25. The lowest BCUT2D eigenvalue weighted by Crippen LogP contribution is -2.17. The number of carbonyl (C=O) groups excluding carboxylic acids is 1. The van der Waals surface area contributed by atoms with Gasteiger partial charge in [-0.05, 0) is 59.2 Å². The number of aryl methyl sites for hydroxylation is 1. The minimum Gasteiger partial charge on any atom is -0.493 e. The Hall–Kier alpha value is -1.69. The van der Waals surface area contributed by atoms with E-state index in [1.807, 2.05) is 19.1 Å². The molecule has 0 saturated heterocycles. The number of fused-ring (bicyclic) bond motifs is 1. The quantitative estimate of drug-likeness (QED) is 0.757. The number of aromatic amines is 1. The molecule has 1 heterocycles. The van der Waals surface area contributed by atoms with Crippen LogP contribution in [0.1, 0.15) is 31.2 Å². The molecule has 2 N–H and O–H groups in total. The van der Waals surface area contributed by atoms with E-state index in [1.165, 1.54) is 6.42 Å². The molecule has 1 aromatic heterocycles. The first-order valence-corrected chi connectivity index (χ1v) is 8.26. The molecule has 1 atom stereocenters. The Morgan fingerprint density at radius 3 is 2.86 bits per heavy atom. The van der Waals surface area contributed by atoms with Gasteiger partial charge in [-0.15, -0.1) is 10.2 Å². The van der Waals surface area contributed by atoms with Gasteiger partial charge in [-0.2, -0.15) is 0 Å². The van der Waals surface area contributed by atoms with Crippen LogP contribution in [0.3, 0.4) is 0 Å². The van der Waals surface area contributed by atoms with E-state index in [0.717, 1.165) is 40.2 Å². The number of rotatable bonds is 2. The summed E-state index contributed by atoms with van der Waals surface area (Å²) in [6.45, 7) is 1.96. The van der Waals surface area contributed by atoms with Crippen LogP contribution in [0.2, 0.25) is 0 Å². The molecule has 1 spiro atoms. The lowest BCUT2D eigenvalue weighted by molar-refractivity contribution is -0.120. The van der Waals surface area contributed by atoms with E-state index in [2.05, 4.69) is 31.1 Å². The molecule has 2 aliphatic carbocycles. The maximum absolute atomic E-state index is 12.1. The van der Waals surface area contributed by atoms with Crippen LogP contribution in [0, 0.1) is 18.3 Å². The number of hydrogen-bond donors (Lipinski definition) is 2. The highest BCUT2D eigenvalue weighted by atomic mass is 79.9. The topological polar surface area (TPSA) is 77.8 Å². The number of nitrogens with one attached hydrogen (secondary N) is 1. The third-order valence-electron chi connectivity index (χ3n) is 5.13. The molecule has 0 aliphatic heterocycles. The number of amides is 1. The average molecular weight is 362 g/mol. The number of H-pyrrole nitrogens is 1. The molecule has 22 heavy (non-hydrogen) atoms. The molecule has 2 saturated carbocycles. The van der Waals surface area contributed by atoms with Crippen molar-refractivity contribution >= 4 is 38.4 Å². The van der Waals surface area contributed by atoms with Crippen molar-refractivity contribution < 1.29 is 9.90 Å². The highest BCUT2D eigenvalue weighted by molar-refractivity contribution is 9.10. The zero-order chi connectivity index (χ0) is 15.5. The van der Waals surface area contributed by atoms with Crippen molar-refractivity contribution in [1.82, 2.24) is 4.98 Å². The fourth-order valence-corrected chi connectivity index (χ4v) is 4.00. The molecule has 1 amide bonds. The van der Waals surface area contributed by atoms with Crippen LogP contribution in [-0.4, -0.2) is 16.0 Å². The Morgan fingerprint density at radius 2 is 2.23 bits per heavy atom. The van der Waals surface area contributed by atoms with Gasteiger partial charge in [0.2, 0.25) is 5.88 Å². The van der Waals surface area contributed by atoms with E-state index in [1.54, 1.807) is 0 Å². The number of halogens is 1. The molecule has 1 unspecified atom stereocenters. The monoisotopic (exact) mass is 361 g/mol.